The predicted molar refractivity (Wildman–Crippen MR) is 76.8 cm³/mol. The first kappa shape index (κ1) is 13.4. The summed E-state index contributed by atoms with van der Waals surface area (Å²) in [6.45, 7) is 4.16. The first-order chi connectivity index (χ1) is 8.50. The fourth-order valence-corrected chi connectivity index (χ4v) is 2.62. The molecule has 1 aromatic carbocycles. The molecule has 1 amide bonds. The van der Waals surface area contributed by atoms with Crippen LogP contribution in [0.25, 0.3) is 0 Å². The molecule has 0 bridgehead atoms. The van der Waals surface area contributed by atoms with Crippen molar-refractivity contribution in [3.8, 4) is 0 Å². The number of amides is 1. The second-order valence-electron chi connectivity index (χ2n) is 4.99. The van der Waals surface area contributed by atoms with Gasteiger partial charge in [0.05, 0.1) is 5.56 Å². The van der Waals surface area contributed by atoms with Gasteiger partial charge in [0.2, 0.25) is 0 Å². The third-order valence-electron chi connectivity index (χ3n) is 3.39. The van der Waals surface area contributed by atoms with Crippen LogP contribution in [0.3, 0.4) is 0 Å². The van der Waals surface area contributed by atoms with E-state index in [1.807, 2.05) is 12.1 Å². The molecule has 98 valence electrons. The van der Waals surface area contributed by atoms with E-state index in [0.717, 1.165) is 36.1 Å². The number of rotatable bonds is 3. The van der Waals surface area contributed by atoms with Gasteiger partial charge in [-0.15, -0.1) is 0 Å². The molecule has 2 rings (SSSR count). The van der Waals surface area contributed by atoms with Crippen LogP contribution in [0.15, 0.2) is 22.7 Å². The summed E-state index contributed by atoms with van der Waals surface area (Å²) in [7, 11) is 0. The van der Waals surface area contributed by atoms with E-state index in [1.165, 1.54) is 0 Å². The molecule has 0 spiro atoms. The van der Waals surface area contributed by atoms with Crippen molar-refractivity contribution in [3.05, 3.63) is 28.2 Å². The van der Waals surface area contributed by atoms with Crippen LogP contribution in [0.4, 0.5) is 5.69 Å². The van der Waals surface area contributed by atoms with Crippen molar-refractivity contribution < 1.29 is 4.79 Å². The summed E-state index contributed by atoms with van der Waals surface area (Å²) in [4.78, 5) is 11.4. The number of anilines is 1. The Hall–Kier alpha value is -1.07. The molecule has 0 saturated carbocycles. The summed E-state index contributed by atoms with van der Waals surface area (Å²) in [5.74, 6) is -0.400. The number of carbonyl (C=O) groups is 1. The third-order valence-corrected chi connectivity index (χ3v) is 3.88. The highest BCUT2D eigenvalue weighted by Gasteiger charge is 2.27. The first-order valence-electron chi connectivity index (χ1n) is 6.08. The van der Waals surface area contributed by atoms with Gasteiger partial charge in [-0.05, 0) is 51.1 Å². The lowest BCUT2D eigenvalue weighted by Gasteiger charge is -2.36. The summed E-state index contributed by atoms with van der Waals surface area (Å²) in [6, 6.07) is 5.49. The van der Waals surface area contributed by atoms with Gasteiger partial charge in [-0.2, -0.15) is 0 Å². The minimum Gasteiger partial charge on any atom is -0.379 e. The zero-order chi connectivity index (χ0) is 13.2. The maximum Gasteiger partial charge on any atom is 0.250 e. The average Bonchev–Trinajstić information content (AvgIpc) is 2.28. The van der Waals surface area contributed by atoms with E-state index in [0.29, 0.717) is 5.56 Å². The molecule has 0 radical (unpaired) electrons. The molecular weight excluding hydrogens is 294 g/mol. The summed E-state index contributed by atoms with van der Waals surface area (Å²) in [5, 5.41) is 6.81. The summed E-state index contributed by atoms with van der Waals surface area (Å²) < 4.78 is 0.938. The number of nitrogens with one attached hydrogen (secondary N) is 2. The van der Waals surface area contributed by atoms with Crippen LogP contribution in [-0.2, 0) is 0 Å². The van der Waals surface area contributed by atoms with Gasteiger partial charge < -0.3 is 16.4 Å². The fourth-order valence-electron chi connectivity index (χ4n) is 2.26. The molecule has 1 aliphatic heterocycles. The smallest absolute Gasteiger partial charge is 0.250 e. The number of nitrogens with two attached hydrogens (primary N) is 1. The Morgan fingerprint density at radius 1 is 1.44 bits per heavy atom. The van der Waals surface area contributed by atoms with Gasteiger partial charge >= 0.3 is 0 Å². The van der Waals surface area contributed by atoms with Crippen molar-refractivity contribution >= 4 is 27.5 Å². The largest absolute Gasteiger partial charge is 0.379 e. The second-order valence-corrected chi connectivity index (χ2v) is 5.91. The van der Waals surface area contributed by atoms with Gasteiger partial charge in [-0.3, -0.25) is 4.79 Å². The first-order valence-corrected chi connectivity index (χ1v) is 6.88. The molecule has 4 nitrogen and oxygen atoms in total. The predicted octanol–water partition coefficient (Wildman–Crippen LogP) is 2.10. The van der Waals surface area contributed by atoms with Gasteiger partial charge in [0.25, 0.3) is 5.91 Å². The maximum atomic E-state index is 11.4. The fraction of sp³-hybridized carbons (Fsp3) is 0.462. The molecule has 1 saturated heterocycles. The number of hydrogen-bond acceptors (Lipinski definition) is 3. The minimum absolute atomic E-state index is 0.0102. The van der Waals surface area contributed by atoms with Gasteiger partial charge in [0.15, 0.2) is 0 Å². The lowest BCUT2D eigenvalue weighted by molar-refractivity contribution is 0.100. The molecule has 1 aromatic rings. The van der Waals surface area contributed by atoms with Crippen molar-refractivity contribution in [2.75, 3.05) is 18.4 Å². The lowest BCUT2D eigenvalue weighted by Crippen LogP contribution is -2.45. The Balaban J connectivity index is 2.26. The molecule has 1 heterocycles. The van der Waals surface area contributed by atoms with E-state index in [1.54, 1.807) is 6.07 Å². The van der Waals surface area contributed by atoms with Crippen LogP contribution in [0, 0.1) is 0 Å². The van der Waals surface area contributed by atoms with Crippen molar-refractivity contribution in [1.29, 1.82) is 0 Å². The number of halogens is 1. The topological polar surface area (TPSA) is 67.1 Å². The summed E-state index contributed by atoms with van der Waals surface area (Å²) in [6.07, 6.45) is 2.05. The Kier molecular flexibility index (Phi) is 3.92. The molecule has 1 aliphatic rings. The molecule has 5 heteroatoms. The maximum absolute atomic E-state index is 11.4. The van der Waals surface area contributed by atoms with Crippen LogP contribution in [-0.4, -0.2) is 24.5 Å². The SMILES string of the molecule is CC1(Nc2cc(Br)ccc2C(N)=O)CCNCC1. The van der Waals surface area contributed by atoms with Gasteiger partial charge in [0, 0.05) is 15.7 Å². The van der Waals surface area contributed by atoms with E-state index < -0.39 is 5.91 Å². The summed E-state index contributed by atoms with van der Waals surface area (Å²) in [5.41, 5.74) is 6.76. The normalized spacial score (nSPS) is 18.3. The molecule has 0 aromatic heterocycles. The van der Waals surface area contributed by atoms with E-state index in [9.17, 15) is 4.79 Å². The quantitative estimate of drug-likeness (QED) is 0.801. The average molecular weight is 312 g/mol. The van der Waals surface area contributed by atoms with E-state index in [2.05, 4.69) is 33.5 Å². The van der Waals surface area contributed by atoms with Crippen molar-refractivity contribution in [2.45, 2.75) is 25.3 Å². The minimum atomic E-state index is -0.400. The highest BCUT2D eigenvalue weighted by Crippen LogP contribution is 2.28. The van der Waals surface area contributed by atoms with Crippen LogP contribution >= 0.6 is 15.9 Å². The molecule has 18 heavy (non-hydrogen) atoms. The number of piperidine rings is 1. The zero-order valence-corrected chi connectivity index (χ0v) is 12.0. The third kappa shape index (κ3) is 3.03. The van der Waals surface area contributed by atoms with Crippen LogP contribution in [0.2, 0.25) is 0 Å². The Morgan fingerprint density at radius 2 is 2.11 bits per heavy atom. The standard InChI is InChI=1S/C13H18BrN3O/c1-13(4-6-16-7-5-13)17-11-8-9(14)2-3-10(11)12(15)18/h2-3,8,16-17H,4-7H2,1H3,(H2,15,18). The number of hydrogen-bond donors (Lipinski definition) is 3. The van der Waals surface area contributed by atoms with Gasteiger partial charge in [-0.25, -0.2) is 0 Å². The number of primary amides is 1. The Labute approximate surface area is 115 Å². The number of carbonyl (C=O) groups excluding carboxylic acids is 1. The van der Waals surface area contributed by atoms with Gasteiger partial charge in [0.1, 0.15) is 0 Å². The van der Waals surface area contributed by atoms with E-state index in [-0.39, 0.29) is 5.54 Å². The van der Waals surface area contributed by atoms with Crippen molar-refractivity contribution in [1.82, 2.24) is 5.32 Å². The molecule has 0 aliphatic carbocycles. The van der Waals surface area contributed by atoms with E-state index >= 15 is 0 Å². The van der Waals surface area contributed by atoms with Crippen molar-refractivity contribution in [3.63, 3.8) is 0 Å². The monoisotopic (exact) mass is 311 g/mol. The molecule has 0 atom stereocenters. The Bertz CT molecular complexity index is 456. The van der Waals surface area contributed by atoms with E-state index in [4.69, 9.17) is 5.73 Å². The van der Waals surface area contributed by atoms with Gasteiger partial charge in [-0.1, -0.05) is 15.9 Å². The second kappa shape index (κ2) is 5.28. The van der Waals surface area contributed by atoms with Crippen molar-refractivity contribution in [2.24, 2.45) is 5.73 Å². The number of benzene rings is 1. The van der Waals surface area contributed by atoms with Crippen LogP contribution in [0.5, 0.6) is 0 Å². The molecule has 4 N–H and O–H groups in total. The zero-order valence-electron chi connectivity index (χ0n) is 10.4. The van der Waals surface area contributed by atoms with Crippen LogP contribution < -0.4 is 16.4 Å². The molecule has 0 unspecified atom stereocenters. The lowest BCUT2D eigenvalue weighted by atomic mass is 9.90. The molecule has 1 fully saturated rings. The molecular formula is C13H18BrN3O. The Morgan fingerprint density at radius 3 is 2.72 bits per heavy atom. The highest BCUT2D eigenvalue weighted by atomic mass is 79.9. The highest BCUT2D eigenvalue weighted by molar-refractivity contribution is 9.10. The summed E-state index contributed by atoms with van der Waals surface area (Å²) >= 11 is 3.42. The van der Waals surface area contributed by atoms with Crippen LogP contribution in [0.1, 0.15) is 30.1 Å².